The van der Waals surface area contributed by atoms with E-state index < -0.39 is 0 Å². The van der Waals surface area contributed by atoms with Crippen molar-refractivity contribution >= 4 is 5.69 Å². The Hall–Kier alpha value is -2.72. The Balaban J connectivity index is 1.74. The molecule has 0 atom stereocenters. The Morgan fingerprint density at radius 1 is 0.964 bits per heavy atom. The molecule has 144 valence electrons. The highest BCUT2D eigenvalue weighted by Gasteiger charge is 2.16. The predicted octanol–water partition coefficient (Wildman–Crippen LogP) is 4.45. The van der Waals surface area contributed by atoms with E-state index in [1.807, 2.05) is 30.6 Å². The fraction of sp³-hybridized carbons (Fsp3) is 0.292. The van der Waals surface area contributed by atoms with Crippen LogP contribution in [0.5, 0.6) is 0 Å². The molecule has 0 amide bonds. The van der Waals surface area contributed by atoms with E-state index in [-0.39, 0.29) is 5.82 Å². The first-order valence-electron chi connectivity index (χ1n) is 10.0. The maximum atomic E-state index is 14.1. The Morgan fingerprint density at radius 2 is 1.79 bits per heavy atom. The van der Waals surface area contributed by atoms with E-state index in [1.165, 1.54) is 16.8 Å². The smallest absolute Gasteiger partial charge is 0.123 e. The monoisotopic (exact) mass is 375 g/mol. The van der Waals surface area contributed by atoms with Crippen LogP contribution in [0.15, 0.2) is 60.9 Å². The van der Waals surface area contributed by atoms with Gasteiger partial charge in [0.05, 0.1) is 0 Å². The van der Waals surface area contributed by atoms with Crippen molar-refractivity contribution in [1.29, 1.82) is 0 Å². The van der Waals surface area contributed by atoms with Crippen LogP contribution in [-0.2, 0) is 12.8 Å². The Morgan fingerprint density at radius 3 is 2.61 bits per heavy atom. The van der Waals surface area contributed by atoms with Crippen LogP contribution in [0.4, 0.5) is 10.1 Å². The number of anilines is 1. The number of piperazine rings is 1. The topological polar surface area (TPSA) is 28.2 Å². The van der Waals surface area contributed by atoms with Crippen molar-refractivity contribution in [3.05, 3.63) is 83.4 Å². The Labute approximate surface area is 166 Å². The number of aromatic nitrogens is 1. The number of nitrogens with zero attached hydrogens (tertiary/aromatic N) is 2. The van der Waals surface area contributed by atoms with Crippen LogP contribution in [0.1, 0.15) is 23.6 Å². The van der Waals surface area contributed by atoms with Crippen LogP contribution in [0.25, 0.3) is 11.1 Å². The summed E-state index contributed by atoms with van der Waals surface area (Å²) in [4.78, 5) is 6.79. The number of aryl methyl sites for hydroxylation is 1. The van der Waals surface area contributed by atoms with E-state index >= 15 is 0 Å². The highest BCUT2D eigenvalue weighted by molar-refractivity contribution is 5.72. The second-order valence-electron chi connectivity index (χ2n) is 7.23. The summed E-state index contributed by atoms with van der Waals surface area (Å²) < 4.78 is 14.1. The van der Waals surface area contributed by atoms with Crippen LogP contribution < -0.4 is 10.2 Å². The summed E-state index contributed by atoms with van der Waals surface area (Å²) in [6, 6.07) is 15.6. The molecular formula is C24H26FN3. The molecule has 0 radical (unpaired) electrons. The fourth-order valence-corrected chi connectivity index (χ4v) is 4.02. The van der Waals surface area contributed by atoms with Gasteiger partial charge in [-0.15, -0.1) is 0 Å². The van der Waals surface area contributed by atoms with Crippen LogP contribution in [-0.4, -0.2) is 31.2 Å². The van der Waals surface area contributed by atoms with Crippen molar-refractivity contribution in [1.82, 2.24) is 10.3 Å². The van der Waals surface area contributed by atoms with Crippen LogP contribution >= 0.6 is 0 Å². The SMILES string of the molecule is CCc1ccccc1-c1cc(F)ccc1Cc1cnccc1N1CCNCC1. The lowest BCUT2D eigenvalue weighted by molar-refractivity contribution is 0.588. The van der Waals surface area contributed by atoms with E-state index in [9.17, 15) is 4.39 Å². The largest absolute Gasteiger partial charge is 0.369 e. The van der Waals surface area contributed by atoms with Gasteiger partial charge in [0.2, 0.25) is 0 Å². The van der Waals surface area contributed by atoms with E-state index in [0.29, 0.717) is 0 Å². The summed E-state index contributed by atoms with van der Waals surface area (Å²) >= 11 is 0. The number of pyridine rings is 1. The normalized spacial score (nSPS) is 14.3. The molecule has 1 aliphatic heterocycles. The minimum atomic E-state index is -0.196. The first-order valence-corrected chi connectivity index (χ1v) is 10.0. The van der Waals surface area contributed by atoms with E-state index in [0.717, 1.165) is 55.7 Å². The van der Waals surface area contributed by atoms with Crippen molar-refractivity contribution in [3.8, 4) is 11.1 Å². The molecule has 2 heterocycles. The zero-order valence-corrected chi connectivity index (χ0v) is 16.3. The zero-order valence-electron chi connectivity index (χ0n) is 16.3. The molecule has 1 aromatic heterocycles. The molecule has 1 saturated heterocycles. The molecule has 0 unspecified atom stereocenters. The molecule has 3 nitrogen and oxygen atoms in total. The van der Waals surface area contributed by atoms with Crippen LogP contribution in [0.3, 0.4) is 0 Å². The van der Waals surface area contributed by atoms with Crippen molar-refractivity contribution < 1.29 is 4.39 Å². The lowest BCUT2D eigenvalue weighted by Crippen LogP contribution is -2.43. The van der Waals surface area contributed by atoms with Gasteiger partial charge < -0.3 is 10.2 Å². The molecule has 3 aromatic rings. The summed E-state index contributed by atoms with van der Waals surface area (Å²) in [5.74, 6) is -0.196. The van der Waals surface area contributed by atoms with Gasteiger partial charge in [0.15, 0.2) is 0 Å². The molecule has 1 aliphatic rings. The number of hydrogen-bond donors (Lipinski definition) is 1. The van der Waals surface area contributed by atoms with Crippen molar-refractivity contribution in [2.45, 2.75) is 19.8 Å². The average molecular weight is 375 g/mol. The molecule has 1 fully saturated rings. The van der Waals surface area contributed by atoms with Crippen molar-refractivity contribution in [2.75, 3.05) is 31.1 Å². The highest BCUT2D eigenvalue weighted by Crippen LogP contribution is 2.32. The second kappa shape index (κ2) is 8.53. The molecule has 0 spiro atoms. The zero-order chi connectivity index (χ0) is 19.3. The minimum absolute atomic E-state index is 0.196. The summed E-state index contributed by atoms with van der Waals surface area (Å²) in [7, 11) is 0. The third-order valence-corrected chi connectivity index (χ3v) is 5.48. The average Bonchev–Trinajstić information content (AvgIpc) is 2.76. The predicted molar refractivity (Wildman–Crippen MR) is 113 cm³/mol. The minimum Gasteiger partial charge on any atom is -0.369 e. The number of rotatable bonds is 5. The van der Waals surface area contributed by atoms with Crippen molar-refractivity contribution in [3.63, 3.8) is 0 Å². The number of hydrogen-bond acceptors (Lipinski definition) is 3. The standard InChI is InChI=1S/C24H26FN3/c1-2-18-5-3-4-6-22(18)23-16-21(25)8-7-19(23)15-20-17-27-10-9-24(20)28-13-11-26-12-14-28/h3-10,16-17,26H,2,11-15H2,1H3. The lowest BCUT2D eigenvalue weighted by Gasteiger charge is -2.31. The van der Waals surface area contributed by atoms with Gasteiger partial charge in [-0.2, -0.15) is 0 Å². The second-order valence-corrected chi connectivity index (χ2v) is 7.23. The molecule has 0 saturated carbocycles. The van der Waals surface area contributed by atoms with Crippen LogP contribution in [0.2, 0.25) is 0 Å². The summed E-state index contributed by atoms with van der Waals surface area (Å²) in [6.07, 6.45) is 5.47. The molecule has 0 aliphatic carbocycles. The highest BCUT2D eigenvalue weighted by atomic mass is 19.1. The van der Waals surface area contributed by atoms with Crippen LogP contribution in [0, 0.1) is 5.82 Å². The Kier molecular flexibility index (Phi) is 5.68. The van der Waals surface area contributed by atoms with Gasteiger partial charge in [-0.05, 0) is 52.4 Å². The van der Waals surface area contributed by atoms with Gasteiger partial charge in [0.25, 0.3) is 0 Å². The van der Waals surface area contributed by atoms with Gasteiger partial charge in [-0.25, -0.2) is 4.39 Å². The Bertz CT molecular complexity index is 948. The van der Waals surface area contributed by atoms with E-state index in [1.54, 1.807) is 12.1 Å². The molecule has 4 heteroatoms. The third-order valence-electron chi connectivity index (χ3n) is 5.48. The summed E-state index contributed by atoms with van der Waals surface area (Å²) in [6.45, 7) is 6.11. The van der Waals surface area contributed by atoms with E-state index in [2.05, 4.69) is 40.3 Å². The summed E-state index contributed by atoms with van der Waals surface area (Å²) in [5.41, 5.74) is 6.89. The molecule has 2 aromatic carbocycles. The first kappa shape index (κ1) is 18.6. The van der Waals surface area contributed by atoms with Gasteiger partial charge in [-0.1, -0.05) is 37.3 Å². The van der Waals surface area contributed by atoms with Gasteiger partial charge >= 0.3 is 0 Å². The van der Waals surface area contributed by atoms with Crippen molar-refractivity contribution in [2.24, 2.45) is 0 Å². The lowest BCUT2D eigenvalue weighted by atomic mass is 9.91. The van der Waals surface area contributed by atoms with E-state index in [4.69, 9.17) is 0 Å². The fourth-order valence-electron chi connectivity index (χ4n) is 4.02. The van der Waals surface area contributed by atoms with Gasteiger partial charge in [-0.3, -0.25) is 4.98 Å². The van der Waals surface area contributed by atoms with Gasteiger partial charge in [0.1, 0.15) is 5.82 Å². The maximum Gasteiger partial charge on any atom is 0.123 e. The maximum absolute atomic E-state index is 14.1. The summed E-state index contributed by atoms with van der Waals surface area (Å²) in [5, 5.41) is 3.40. The number of benzene rings is 2. The van der Waals surface area contributed by atoms with Gasteiger partial charge in [0, 0.05) is 50.7 Å². The molecule has 0 bridgehead atoms. The number of nitrogens with one attached hydrogen (secondary N) is 1. The number of halogens is 1. The molecule has 4 rings (SSSR count). The first-order chi connectivity index (χ1) is 13.8. The molecule has 28 heavy (non-hydrogen) atoms. The molecular weight excluding hydrogens is 349 g/mol. The third kappa shape index (κ3) is 3.92. The quantitative estimate of drug-likeness (QED) is 0.714. The molecule has 1 N–H and O–H groups in total.